The van der Waals surface area contributed by atoms with E-state index in [1.807, 2.05) is 23.1 Å². The number of ketones is 1. The number of aromatic nitrogens is 3. The molecular formula is C25H21F3N4O2. The smallest absolute Gasteiger partial charge is 0.433 e. The van der Waals surface area contributed by atoms with Crippen molar-refractivity contribution in [1.82, 2.24) is 19.5 Å². The number of alkyl halides is 3. The third-order valence-electron chi connectivity index (χ3n) is 6.03. The highest BCUT2D eigenvalue weighted by molar-refractivity contribution is 6.02. The predicted molar refractivity (Wildman–Crippen MR) is 120 cm³/mol. The van der Waals surface area contributed by atoms with Crippen molar-refractivity contribution < 1.29 is 22.7 Å². The predicted octanol–water partition coefficient (Wildman–Crippen LogP) is 4.66. The zero-order valence-corrected chi connectivity index (χ0v) is 18.3. The maximum atomic E-state index is 13.9. The third kappa shape index (κ3) is 4.14. The van der Waals surface area contributed by atoms with Crippen molar-refractivity contribution in [2.45, 2.75) is 19.1 Å². The van der Waals surface area contributed by atoms with Crippen LogP contribution in [0.15, 0.2) is 60.8 Å². The first-order valence-corrected chi connectivity index (χ1v) is 10.8. The van der Waals surface area contributed by atoms with Gasteiger partial charge in [0.25, 0.3) is 0 Å². The molecule has 0 saturated heterocycles. The minimum Gasteiger partial charge on any atom is -0.497 e. The topological polar surface area (TPSA) is 59.7 Å². The summed E-state index contributed by atoms with van der Waals surface area (Å²) in [5, 5.41) is 3.87. The molecule has 0 saturated carbocycles. The van der Waals surface area contributed by atoms with E-state index in [-0.39, 0.29) is 29.2 Å². The Morgan fingerprint density at radius 3 is 2.53 bits per heavy atom. The Bertz CT molecular complexity index is 1360. The summed E-state index contributed by atoms with van der Waals surface area (Å²) in [7, 11) is 1.51. The highest BCUT2D eigenvalue weighted by atomic mass is 19.4. The normalized spacial score (nSPS) is 14.2. The van der Waals surface area contributed by atoms with Gasteiger partial charge >= 0.3 is 6.18 Å². The minimum absolute atomic E-state index is 0.0692. The Morgan fingerprint density at radius 2 is 1.82 bits per heavy atom. The Labute approximate surface area is 193 Å². The summed E-state index contributed by atoms with van der Waals surface area (Å²) < 4.78 is 47.4. The van der Waals surface area contributed by atoms with Crippen LogP contribution in [0.5, 0.6) is 5.75 Å². The van der Waals surface area contributed by atoms with Crippen LogP contribution in [0.4, 0.5) is 13.2 Å². The summed E-state index contributed by atoms with van der Waals surface area (Å²) in [6, 6.07) is 15.5. The molecule has 0 N–H and O–H groups in total. The second-order valence-corrected chi connectivity index (χ2v) is 8.20. The molecular weight excluding hydrogens is 445 g/mol. The SMILES string of the molecule is COc1ccc(-c2cc(C(F)(F)F)n3ncc(C(=O)CN4CCc5ccccc5C4)c3n2)cc1. The maximum Gasteiger partial charge on any atom is 0.433 e. The fraction of sp³-hybridized carbons (Fsp3) is 0.240. The molecule has 1 aliphatic heterocycles. The van der Waals surface area contributed by atoms with Gasteiger partial charge in [-0.2, -0.15) is 18.3 Å². The molecule has 0 aliphatic carbocycles. The number of carbonyl (C=O) groups excluding carboxylic acids is 1. The number of Topliss-reactive ketones (excluding diaryl/α,β-unsaturated/α-hetero) is 1. The van der Waals surface area contributed by atoms with E-state index < -0.39 is 11.9 Å². The lowest BCUT2D eigenvalue weighted by molar-refractivity contribution is -0.142. The first-order valence-electron chi connectivity index (χ1n) is 10.8. The minimum atomic E-state index is -4.68. The van der Waals surface area contributed by atoms with Crippen molar-refractivity contribution in [3.8, 4) is 17.0 Å². The second-order valence-electron chi connectivity index (χ2n) is 8.20. The summed E-state index contributed by atoms with van der Waals surface area (Å²) in [6.45, 7) is 1.38. The van der Waals surface area contributed by atoms with Gasteiger partial charge in [0.2, 0.25) is 0 Å². The van der Waals surface area contributed by atoms with Crippen molar-refractivity contribution in [3.05, 3.63) is 83.2 Å². The molecule has 0 atom stereocenters. The number of hydrogen-bond donors (Lipinski definition) is 0. The number of fused-ring (bicyclic) bond motifs is 2. The van der Waals surface area contributed by atoms with Gasteiger partial charge in [-0.05, 0) is 47.9 Å². The average Bonchev–Trinajstić information content (AvgIpc) is 3.27. The maximum absolute atomic E-state index is 13.9. The molecule has 5 rings (SSSR count). The van der Waals surface area contributed by atoms with Gasteiger partial charge in [-0.1, -0.05) is 24.3 Å². The van der Waals surface area contributed by atoms with Crippen LogP contribution in [0.1, 0.15) is 27.2 Å². The van der Waals surface area contributed by atoms with E-state index in [1.54, 1.807) is 24.3 Å². The third-order valence-corrected chi connectivity index (χ3v) is 6.03. The summed E-state index contributed by atoms with van der Waals surface area (Å²) in [4.78, 5) is 19.6. The lowest BCUT2D eigenvalue weighted by Gasteiger charge is -2.27. The van der Waals surface area contributed by atoms with Crippen molar-refractivity contribution in [1.29, 1.82) is 0 Å². The van der Waals surface area contributed by atoms with Crippen LogP contribution in [-0.2, 0) is 19.1 Å². The Hall–Kier alpha value is -3.72. The van der Waals surface area contributed by atoms with Gasteiger partial charge in [0, 0.05) is 18.7 Å². The Kier molecular flexibility index (Phi) is 5.57. The Balaban J connectivity index is 1.51. The summed E-state index contributed by atoms with van der Waals surface area (Å²) in [6.07, 6.45) is -2.68. The van der Waals surface area contributed by atoms with Crippen molar-refractivity contribution in [3.63, 3.8) is 0 Å². The fourth-order valence-corrected chi connectivity index (χ4v) is 4.25. The van der Waals surface area contributed by atoms with E-state index in [0.29, 0.717) is 28.9 Å². The highest BCUT2D eigenvalue weighted by Gasteiger charge is 2.36. The van der Waals surface area contributed by atoms with Gasteiger partial charge in [0.1, 0.15) is 5.75 Å². The van der Waals surface area contributed by atoms with Crippen LogP contribution in [0.3, 0.4) is 0 Å². The zero-order chi connectivity index (χ0) is 23.9. The number of methoxy groups -OCH3 is 1. The van der Waals surface area contributed by atoms with Gasteiger partial charge in [-0.25, -0.2) is 9.50 Å². The summed E-state index contributed by atoms with van der Waals surface area (Å²) in [5.74, 6) is 0.256. The van der Waals surface area contributed by atoms with Crippen LogP contribution in [-0.4, -0.2) is 45.5 Å². The first kappa shape index (κ1) is 22.1. The molecule has 4 aromatic rings. The molecule has 1 aliphatic rings. The van der Waals surface area contributed by atoms with Gasteiger partial charge in [0.15, 0.2) is 17.1 Å². The molecule has 0 amide bonds. The molecule has 0 spiro atoms. The van der Waals surface area contributed by atoms with Crippen LogP contribution in [0.25, 0.3) is 16.9 Å². The molecule has 34 heavy (non-hydrogen) atoms. The second kappa shape index (κ2) is 8.57. The van der Waals surface area contributed by atoms with E-state index in [9.17, 15) is 18.0 Å². The molecule has 2 aromatic carbocycles. The molecule has 0 bridgehead atoms. The van der Waals surface area contributed by atoms with E-state index >= 15 is 0 Å². The molecule has 2 aromatic heterocycles. The van der Waals surface area contributed by atoms with Crippen molar-refractivity contribution >= 4 is 11.4 Å². The average molecular weight is 466 g/mol. The van der Waals surface area contributed by atoms with Crippen LogP contribution in [0, 0.1) is 0 Å². The highest BCUT2D eigenvalue weighted by Crippen LogP contribution is 2.33. The Morgan fingerprint density at radius 1 is 1.09 bits per heavy atom. The summed E-state index contributed by atoms with van der Waals surface area (Å²) >= 11 is 0. The fourth-order valence-electron chi connectivity index (χ4n) is 4.25. The largest absolute Gasteiger partial charge is 0.497 e. The number of hydrogen-bond acceptors (Lipinski definition) is 5. The molecule has 0 radical (unpaired) electrons. The molecule has 0 fully saturated rings. The molecule has 0 unspecified atom stereocenters. The lowest BCUT2D eigenvalue weighted by Crippen LogP contribution is -2.34. The van der Waals surface area contributed by atoms with Crippen LogP contribution in [0.2, 0.25) is 0 Å². The molecule has 174 valence electrons. The van der Waals surface area contributed by atoms with Crippen molar-refractivity contribution in [2.24, 2.45) is 0 Å². The van der Waals surface area contributed by atoms with Gasteiger partial charge in [0.05, 0.1) is 31.1 Å². The number of carbonyl (C=O) groups is 1. The molecule has 9 heteroatoms. The number of rotatable bonds is 5. The van der Waals surface area contributed by atoms with Crippen molar-refractivity contribution in [2.75, 3.05) is 20.2 Å². The van der Waals surface area contributed by atoms with E-state index in [0.717, 1.165) is 18.1 Å². The number of halogens is 3. The van der Waals surface area contributed by atoms with Gasteiger partial charge < -0.3 is 4.74 Å². The van der Waals surface area contributed by atoms with E-state index in [2.05, 4.69) is 16.1 Å². The van der Waals surface area contributed by atoms with Gasteiger partial charge in [-0.3, -0.25) is 9.69 Å². The number of nitrogens with zero attached hydrogens (tertiary/aromatic N) is 4. The standard InChI is InChI=1S/C25H21F3N4O2/c1-34-19-8-6-17(7-9-19)21-12-23(25(26,27)28)32-24(30-21)20(13-29-32)22(33)15-31-11-10-16-4-2-3-5-18(16)14-31/h2-9,12-13H,10-11,14-15H2,1H3. The summed E-state index contributed by atoms with van der Waals surface area (Å²) in [5.41, 5.74) is 1.95. The zero-order valence-electron chi connectivity index (χ0n) is 18.3. The number of ether oxygens (including phenoxy) is 1. The lowest BCUT2D eigenvalue weighted by atomic mass is 9.99. The monoisotopic (exact) mass is 466 g/mol. The molecule has 6 nitrogen and oxygen atoms in total. The van der Waals surface area contributed by atoms with E-state index in [1.165, 1.54) is 18.9 Å². The van der Waals surface area contributed by atoms with Gasteiger partial charge in [-0.15, -0.1) is 0 Å². The molecule has 3 heterocycles. The van der Waals surface area contributed by atoms with Crippen LogP contribution >= 0.6 is 0 Å². The number of benzene rings is 2. The van der Waals surface area contributed by atoms with E-state index in [4.69, 9.17) is 4.74 Å². The quantitative estimate of drug-likeness (QED) is 0.400. The first-order chi connectivity index (χ1) is 16.3. The van der Waals surface area contributed by atoms with Crippen LogP contribution < -0.4 is 4.74 Å².